The van der Waals surface area contributed by atoms with E-state index in [2.05, 4.69) is 12.2 Å². The van der Waals surface area contributed by atoms with Crippen molar-refractivity contribution in [1.29, 1.82) is 0 Å². The van der Waals surface area contributed by atoms with E-state index in [4.69, 9.17) is 21.1 Å². The maximum atomic E-state index is 6.15. The monoisotopic (exact) mass is 305 g/mol. The highest BCUT2D eigenvalue weighted by Crippen LogP contribution is 2.26. The van der Waals surface area contributed by atoms with Crippen molar-refractivity contribution in [3.63, 3.8) is 0 Å². The minimum Gasteiger partial charge on any atom is -0.497 e. The molecule has 4 heteroatoms. The molecule has 0 atom stereocenters. The van der Waals surface area contributed by atoms with Gasteiger partial charge in [0, 0.05) is 22.7 Å². The van der Waals surface area contributed by atoms with Gasteiger partial charge in [0.2, 0.25) is 0 Å². The van der Waals surface area contributed by atoms with Crippen molar-refractivity contribution in [2.45, 2.75) is 20.1 Å². The average molecular weight is 306 g/mol. The third-order valence-electron chi connectivity index (χ3n) is 3.17. The average Bonchev–Trinajstić information content (AvgIpc) is 2.52. The summed E-state index contributed by atoms with van der Waals surface area (Å²) in [6.45, 7) is 4.17. The zero-order chi connectivity index (χ0) is 15.1. The molecule has 112 valence electrons. The molecule has 0 aromatic heterocycles. The number of hydrogen-bond donors (Lipinski definition) is 1. The Morgan fingerprint density at radius 3 is 2.62 bits per heavy atom. The molecule has 0 bridgehead atoms. The number of hydrogen-bond acceptors (Lipinski definition) is 3. The van der Waals surface area contributed by atoms with Crippen LogP contribution in [0.4, 0.5) is 0 Å². The van der Waals surface area contributed by atoms with Crippen LogP contribution in [0.5, 0.6) is 11.5 Å². The maximum Gasteiger partial charge on any atom is 0.124 e. The molecule has 0 unspecified atom stereocenters. The van der Waals surface area contributed by atoms with Crippen LogP contribution in [0.1, 0.15) is 18.1 Å². The van der Waals surface area contributed by atoms with E-state index in [1.807, 2.05) is 42.5 Å². The highest BCUT2D eigenvalue weighted by atomic mass is 35.5. The van der Waals surface area contributed by atoms with Crippen molar-refractivity contribution in [2.75, 3.05) is 13.7 Å². The summed E-state index contributed by atoms with van der Waals surface area (Å²) in [6, 6.07) is 13.5. The quantitative estimate of drug-likeness (QED) is 0.837. The van der Waals surface area contributed by atoms with Gasteiger partial charge in [-0.1, -0.05) is 36.7 Å². The van der Waals surface area contributed by atoms with Crippen molar-refractivity contribution in [2.24, 2.45) is 0 Å². The van der Waals surface area contributed by atoms with E-state index in [0.717, 1.165) is 40.7 Å². The summed E-state index contributed by atoms with van der Waals surface area (Å²) in [6.07, 6.45) is 0. The largest absolute Gasteiger partial charge is 0.497 e. The summed E-state index contributed by atoms with van der Waals surface area (Å²) in [4.78, 5) is 0. The van der Waals surface area contributed by atoms with Gasteiger partial charge in [0.25, 0.3) is 0 Å². The van der Waals surface area contributed by atoms with Gasteiger partial charge < -0.3 is 14.8 Å². The third kappa shape index (κ3) is 4.38. The van der Waals surface area contributed by atoms with Crippen molar-refractivity contribution < 1.29 is 9.47 Å². The first-order chi connectivity index (χ1) is 10.2. The first-order valence-electron chi connectivity index (χ1n) is 6.98. The van der Waals surface area contributed by atoms with Gasteiger partial charge in [-0.05, 0) is 30.8 Å². The molecule has 0 aliphatic heterocycles. The molecule has 0 spiro atoms. The Hall–Kier alpha value is -1.71. The lowest BCUT2D eigenvalue weighted by atomic mass is 10.2. The second-order valence-electron chi connectivity index (χ2n) is 4.63. The van der Waals surface area contributed by atoms with Crippen LogP contribution in [0.3, 0.4) is 0 Å². The molecule has 0 aliphatic rings. The van der Waals surface area contributed by atoms with Gasteiger partial charge in [-0.3, -0.25) is 0 Å². The van der Waals surface area contributed by atoms with Gasteiger partial charge in [-0.2, -0.15) is 0 Å². The van der Waals surface area contributed by atoms with Crippen LogP contribution in [-0.2, 0) is 13.2 Å². The highest BCUT2D eigenvalue weighted by molar-refractivity contribution is 6.31. The second-order valence-corrected chi connectivity index (χ2v) is 5.04. The smallest absolute Gasteiger partial charge is 0.124 e. The standard InChI is InChI=1S/C17H20ClNO2/c1-3-19-11-14-10-15(20-2)8-9-17(14)21-12-13-6-4-5-7-16(13)18/h4-10,19H,3,11-12H2,1-2H3. The molecule has 0 saturated heterocycles. The van der Waals surface area contributed by atoms with Gasteiger partial charge in [0.05, 0.1) is 7.11 Å². The number of nitrogens with one attached hydrogen (secondary N) is 1. The van der Waals surface area contributed by atoms with Crippen LogP contribution in [0.15, 0.2) is 42.5 Å². The zero-order valence-corrected chi connectivity index (χ0v) is 13.1. The minimum atomic E-state index is 0.450. The van der Waals surface area contributed by atoms with Crippen LogP contribution >= 0.6 is 11.6 Å². The Balaban J connectivity index is 2.13. The van der Waals surface area contributed by atoms with E-state index in [0.29, 0.717) is 6.61 Å². The fraction of sp³-hybridized carbons (Fsp3) is 0.294. The minimum absolute atomic E-state index is 0.450. The molecule has 3 nitrogen and oxygen atoms in total. The summed E-state index contributed by atoms with van der Waals surface area (Å²) >= 11 is 6.15. The Labute approximate surface area is 130 Å². The van der Waals surface area contributed by atoms with Gasteiger partial charge in [-0.15, -0.1) is 0 Å². The Kier molecular flexibility index (Phi) is 5.90. The lowest BCUT2D eigenvalue weighted by Crippen LogP contribution is -2.13. The number of rotatable bonds is 7. The molecule has 0 saturated carbocycles. The third-order valence-corrected chi connectivity index (χ3v) is 3.54. The molecular formula is C17H20ClNO2. The predicted molar refractivity (Wildman–Crippen MR) is 86.2 cm³/mol. The topological polar surface area (TPSA) is 30.5 Å². The summed E-state index contributed by atoms with van der Waals surface area (Å²) in [5, 5.41) is 4.03. The van der Waals surface area contributed by atoms with Crippen molar-refractivity contribution in [1.82, 2.24) is 5.32 Å². The molecule has 2 rings (SSSR count). The number of benzene rings is 2. The first-order valence-corrected chi connectivity index (χ1v) is 7.36. The summed E-state index contributed by atoms with van der Waals surface area (Å²) in [7, 11) is 1.66. The Morgan fingerprint density at radius 1 is 1.10 bits per heavy atom. The molecule has 0 heterocycles. The molecule has 2 aromatic rings. The van der Waals surface area contributed by atoms with E-state index >= 15 is 0 Å². The van der Waals surface area contributed by atoms with E-state index in [1.165, 1.54) is 0 Å². The second kappa shape index (κ2) is 7.91. The molecule has 21 heavy (non-hydrogen) atoms. The van der Waals surface area contributed by atoms with Crippen molar-refractivity contribution >= 4 is 11.6 Å². The molecule has 0 amide bonds. The fourth-order valence-electron chi connectivity index (χ4n) is 1.99. The van der Waals surface area contributed by atoms with Crippen molar-refractivity contribution in [3.05, 3.63) is 58.6 Å². The number of ether oxygens (including phenoxy) is 2. The number of halogens is 1. The normalized spacial score (nSPS) is 10.4. The summed E-state index contributed by atoms with van der Waals surface area (Å²) in [5.74, 6) is 1.67. The van der Waals surface area contributed by atoms with Gasteiger partial charge >= 0.3 is 0 Å². The molecule has 2 aromatic carbocycles. The van der Waals surface area contributed by atoms with Crippen LogP contribution < -0.4 is 14.8 Å². The SMILES string of the molecule is CCNCc1cc(OC)ccc1OCc1ccccc1Cl. The maximum absolute atomic E-state index is 6.15. The van der Waals surface area contributed by atoms with E-state index < -0.39 is 0 Å². The summed E-state index contributed by atoms with van der Waals surface area (Å²) in [5.41, 5.74) is 2.05. The Bertz CT molecular complexity index is 587. The van der Waals surface area contributed by atoms with E-state index in [-0.39, 0.29) is 0 Å². The molecule has 0 radical (unpaired) electrons. The van der Waals surface area contributed by atoms with E-state index in [1.54, 1.807) is 7.11 Å². The molecular weight excluding hydrogens is 286 g/mol. The van der Waals surface area contributed by atoms with E-state index in [9.17, 15) is 0 Å². The molecule has 0 fully saturated rings. The lowest BCUT2D eigenvalue weighted by Gasteiger charge is -2.14. The summed E-state index contributed by atoms with van der Waals surface area (Å²) < 4.78 is 11.2. The first kappa shape index (κ1) is 15.7. The zero-order valence-electron chi connectivity index (χ0n) is 12.4. The Morgan fingerprint density at radius 2 is 1.90 bits per heavy atom. The van der Waals surface area contributed by atoms with Gasteiger partial charge in [0.1, 0.15) is 18.1 Å². The van der Waals surface area contributed by atoms with Crippen molar-refractivity contribution in [3.8, 4) is 11.5 Å². The van der Waals surface area contributed by atoms with Gasteiger partial charge in [0.15, 0.2) is 0 Å². The van der Waals surface area contributed by atoms with Crippen LogP contribution in [-0.4, -0.2) is 13.7 Å². The lowest BCUT2D eigenvalue weighted by molar-refractivity contribution is 0.301. The van der Waals surface area contributed by atoms with Crippen LogP contribution in [0.25, 0.3) is 0 Å². The van der Waals surface area contributed by atoms with Gasteiger partial charge in [-0.25, -0.2) is 0 Å². The predicted octanol–water partition coefficient (Wildman–Crippen LogP) is 4.04. The number of methoxy groups -OCH3 is 1. The van der Waals surface area contributed by atoms with Crippen LogP contribution in [0, 0.1) is 0 Å². The highest BCUT2D eigenvalue weighted by Gasteiger charge is 2.07. The molecule has 1 N–H and O–H groups in total. The van der Waals surface area contributed by atoms with Crippen LogP contribution in [0.2, 0.25) is 5.02 Å². The fourth-order valence-corrected chi connectivity index (χ4v) is 2.18. The molecule has 0 aliphatic carbocycles.